The maximum atomic E-state index is 13.7. The van der Waals surface area contributed by atoms with Crippen LogP contribution in [0.4, 0.5) is 10.3 Å². The van der Waals surface area contributed by atoms with Gasteiger partial charge < -0.3 is 15.4 Å². The highest BCUT2D eigenvalue weighted by Gasteiger charge is 2.13. The van der Waals surface area contributed by atoms with Crippen LogP contribution in [0.2, 0.25) is 0 Å². The lowest BCUT2D eigenvalue weighted by molar-refractivity contribution is 0.0398. The van der Waals surface area contributed by atoms with Gasteiger partial charge in [0, 0.05) is 44.0 Å². The molecule has 0 bridgehead atoms. The largest absolute Gasteiger partial charge is 0.379 e. The van der Waals surface area contributed by atoms with Gasteiger partial charge in [-0.2, -0.15) is 0 Å². The Morgan fingerprint density at radius 2 is 2.04 bits per heavy atom. The number of benzene rings is 1. The molecule has 0 spiro atoms. The van der Waals surface area contributed by atoms with Crippen molar-refractivity contribution >= 4 is 11.9 Å². The Labute approximate surface area is 158 Å². The number of carbonyl (C=O) groups is 1. The number of hydrogen-bond donors (Lipinski definition) is 2. The fraction of sp³-hybridized carbons (Fsp3) is 0.421. The Bertz CT molecular complexity index is 780. The van der Waals surface area contributed by atoms with Crippen molar-refractivity contribution in [2.45, 2.75) is 13.5 Å². The number of morpholine rings is 1. The highest BCUT2D eigenvalue weighted by atomic mass is 19.1. The van der Waals surface area contributed by atoms with Crippen LogP contribution < -0.4 is 10.6 Å². The number of nitrogens with one attached hydrogen (secondary N) is 2. The van der Waals surface area contributed by atoms with E-state index >= 15 is 0 Å². The zero-order valence-corrected chi connectivity index (χ0v) is 15.4. The highest BCUT2D eigenvalue weighted by Crippen LogP contribution is 2.08. The summed E-state index contributed by atoms with van der Waals surface area (Å²) in [6.07, 6.45) is 0. The van der Waals surface area contributed by atoms with Crippen LogP contribution in [0.1, 0.15) is 21.7 Å². The number of aromatic nitrogens is 2. The summed E-state index contributed by atoms with van der Waals surface area (Å²) in [5.74, 6) is -0.290. The van der Waals surface area contributed by atoms with Gasteiger partial charge in [-0.1, -0.05) is 18.2 Å². The lowest BCUT2D eigenvalue weighted by Gasteiger charge is -2.26. The molecule has 3 rings (SSSR count). The van der Waals surface area contributed by atoms with Crippen molar-refractivity contribution in [1.82, 2.24) is 20.2 Å². The molecule has 1 aliphatic heterocycles. The predicted molar refractivity (Wildman–Crippen MR) is 100 cm³/mol. The van der Waals surface area contributed by atoms with E-state index < -0.39 is 0 Å². The van der Waals surface area contributed by atoms with Crippen LogP contribution in [-0.2, 0) is 11.3 Å². The number of rotatable bonds is 7. The van der Waals surface area contributed by atoms with E-state index in [1.165, 1.54) is 6.07 Å². The van der Waals surface area contributed by atoms with E-state index in [2.05, 4.69) is 25.5 Å². The molecule has 1 aliphatic rings. The average molecular weight is 373 g/mol. The second-order valence-corrected chi connectivity index (χ2v) is 6.37. The third kappa shape index (κ3) is 5.70. The maximum absolute atomic E-state index is 13.7. The second-order valence-electron chi connectivity index (χ2n) is 6.37. The van der Waals surface area contributed by atoms with Crippen LogP contribution in [0.5, 0.6) is 0 Å². The zero-order valence-electron chi connectivity index (χ0n) is 15.4. The third-order valence-corrected chi connectivity index (χ3v) is 4.30. The first kappa shape index (κ1) is 19.2. The predicted octanol–water partition coefficient (Wildman–Crippen LogP) is 1.60. The van der Waals surface area contributed by atoms with Crippen molar-refractivity contribution in [2.75, 3.05) is 44.7 Å². The first-order valence-corrected chi connectivity index (χ1v) is 9.03. The molecule has 0 saturated carbocycles. The van der Waals surface area contributed by atoms with Gasteiger partial charge in [-0.3, -0.25) is 9.69 Å². The van der Waals surface area contributed by atoms with Crippen molar-refractivity contribution in [1.29, 1.82) is 0 Å². The summed E-state index contributed by atoms with van der Waals surface area (Å²) in [7, 11) is 0. The van der Waals surface area contributed by atoms with Gasteiger partial charge in [0.05, 0.1) is 13.2 Å². The number of ether oxygens (including phenoxy) is 1. The van der Waals surface area contributed by atoms with Crippen LogP contribution in [0, 0.1) is 12.7 Å². The quantitative estimate of drug-likeness (QED) is 0.768. The Kier molecular flexibility index (Phi) is 6.67. The maximum Gasteiger partial charge on any atom is 0.270 e. The Morgan fingerprint density at radius 3 is 2.81 bits per heavy atom. The molecule has 144 valence electrons. The number of anilines is 1. The number of hydrogen-bond acceptors (Lipinski definition) is 6. The molecule has 2 aromatic rings. The van der Waals surface area contributed by atoms with Gasteiger partial charge in [-0.25, -0.2) is 14.4 Å². The summed E-state index contributed by atoms with van der Waals surface area (Å²) in [6, 6.07) is 7.97. The molecular weight excluding hydrogens is 349 g/mol. The lowest BCUT2D eigenvalue weighted by atomic mass is 10.2. The van der Waals surface area contributed by atoms with Gasteiger partial charge in [0.1, 0.15) is 11.5 Å². The minimum Gasteiger partial charge on any atom is -0.379 e. The standard InChI is InChI=1S/C19H24FN5O2/c1-14-12-17(18(26)22-13-15-4-2-3-5-16(15)20)24-19(23-14)21-6-7-25-8-10-27-11-9-25/h2-5,12H,6-11,13H2,1H3,(H,22,26)(H,21,23,24). The second kappa shape index (κ2) is 9.38. The smallest absolute Gasteiger partial charge is 0.270 e. The Balaban J connectivity index is 1.55. The molecule has 1 amide bonds. The molecule has 0 atom stereocenters. The van der Waals surface area contributed by atoms with E-state index in [-0.39, 0.29) is 24.0 Å². The first-order valence-electron chi connectivity index (χ1n) is 9.03. The topological polar surface area (TPSA) is 79.4 Å². The van der Waals surface area contributed by atoms with E-state index in [4.69, 9.17) is 4.74 Å². The van der Waals surface area contributed by atoms with E-state index in [0.29, 0.717) is 23.8 Å². The van der Waals surface area contributed by atoms with Crippen molar-refractivity contribution in [3.05, 3.63) is 53.1 Å². The summed E-state index contributed by atoms with van der Waals surface area (Å²) >= 11 is 0. The van der Waals surface area contributed by atoms with Crippen molar-refractivity contribution in [3.63, 3.8) is 0 Å². The SMILES string of the molecule is Cc1cc(C(=O)NCc2ccccc2F)nc(NCCN2CCOCC2)n1. The van der Waals surface area contributed by atoms with Crippen LogP contribution in [0.15, 0.2) is 30.3 Å². The number of carbonyl (C=O) groups excluding carboxylic acids is 1. The Hall–Kier alpha value is -2.58. The van der Waals surface area contributed by atoms with Crippen LogP contribution >= 0.6 is 0 Å². The van der Waals surface area contributed by atoms with Crippen molar-refractivity contribution in [3.8, 4) is 0 Å². The van der Waals surface area contributed by atoms with Crippen LogP contribution in [0.3, 0.4) is 0 Å². The van der Waals surface area contributed by atoms with Gasteiger partial charge >= 0.3 is 0 Å². The van der Waals surface area contributed by atoms with Gasteiger partial charge in [-0.05, 0) is 19.1 Å². The fourth-order valence-electron chi connectivity index (χ4n) is 2.82. The van der Waals surface area contributed by atoms with Crippen LogP contribution in [-0.4, -0.2) is 60.2 Å². The van der Waals surface area contributed by atoms with Crippen LogP contribution in [0.25, 0.3) is 0 Å². The minimum absolute atomic E-state index is 0.106. The zero-order chi connectivity index (χ0) is 19.1. The molecular formula is C19H24FN5O2. The summed E-state index contributed by atoms with van der Waals surface area (Å²) < 4.78 is 19.0. The molecule has 1 saturated heterocycles. The molecule has 2 N–H and O–H groups in total. The number of nitrogens with zero attached hydrogens (tertiary/aromatic N) is 3. The average Bonchev–Trinajstić information content (AvgIpc) is 2.67. The lowest BCUT2D eigenvalue weighted by Crippen LogP contribution is -2.39. The molecule has 7 nitrogen and oxygen atoms in total. The van der Waals surface area contributed by atoms with E-state index in [1.54, 1.807) is 24.3 Å². The molecule has 27 heavy (non-hydrogen) atoms. The fourth-order valence-corrected chi connectivity index (χ4v) is 2.82. The molecule has 1 aromatic carbocycles. The number of amides is 1. The number of aryl methyl sites for hydroxylation is 1. The molecule has 0 radical (unpaired) electrons. The monoisotopic (exact) mass is 373 g/mol. The molecule has 0 aliphatic carbocycles. The Morgan fingerprint density at radius 1 is 1.26 bits per heavy atom. The summed E-state index contributed by atoms with van der Waals surface area (Å²) in [6.45, 7) is 6.80. The van der Waals surface area contributed by atoms with E-state index in [0.717, 1.165) is 32.8 Å². The highest BCUT2D eigenvalue weighted by molar-refractivity contribution is 5.92. The summed E-state index contributed by atoms with van der Waals surface area (Å²) in [5.41, 5.74) is 1.38. The molecule has 2 heterocycles. The van der Waals surface area contributed by atoms with Crippen molar-refractivity contribution < 1.29 is 13.9 Å². The third-order valence-electron chi connectivity index (χ3n) is 4.30. The first-order chi connectivity index (χ1) is 13.1. The molecule has 0 unspecified atom stereocenters. The van der Waals surface area contributed by atoms with Gasteiger partial charge in [0.15, 0.2) is 0 Å². The summed E-state index contributed by atoms with van der Waals surface area (Å²) in [4.78, 5) is 23.3. The molecule has 8 heteroatoms. The molecule has 1 fully saturated rings. The normalized spacial score (nSPS) is 14.7. The van der Waals surface area contributed by atoms with Crippen molar-refractivity contribution in [2.24, 2.45) is 0 Å². The molecule has 1 aromatic heterocycles. The van der Waals surface area contributed by atoms with Gasteiger partial charge in [0.25, 0.3) is 5.91 Å². The van der Waals surface area contributed by atoms with Gasteiger partial charge in [0.2, 0.25) is 5.95 Å². The van der Waals surface area contributed by atoms with E-state index in [1.807, 2.05) is 6.92 Å². The number of halogens is 1. The van der Waals surface area contributed by atoms with E-state index in [9.17, 15) is 9.18 Å². The minimum atomic E-state index is -0.361. The van der Waals surface area contributed by atoms with Gasteiger partial charge in [-0.15, -0.1) is 0 Å². The summed E-state index contributed by atoms with van der Waals surface area (Å²) in [5, 5.41) is 5.87.